The van der Waals surface area contributed by atoms with Crippen LogP contribution in [0.3, 0.4) is 0 Å². The van der Waals surface area contributed by atoms with Gasteiger partial charge < -0.3 is 5.73 Å². The quantitative estimate of drug-likeness (QED) is 0.820. The summed E-state index contributed by atoms with van der Waals surface area (Å²) >= 11 is 0. The third kappa shape index (κ3) is 2.43. The van der Waals surface area contributed by atoms with Crippen LogP contribution < -0.4 is 5.73 Å². The van der Waals surface area contributed by atoms with Gasteiger partial charge in [-0.2, -0.15) is 0 Å². The molecule has 2 amide bonds. The van der Waals surface area contributed by atoms with Crippen LogP contribution in [0.5, 0.6) is 0 Å². The number of likely N-dealkylation sites (tertiary alicyclic amines) is 1. The number of rotatable bonds is 3. The molecular weight excluding hydrogens is 228 g/mol. The maximum Gasteiger partial charge on any atom is 0.246 e. The van der Waals surface area contributed by atoms with Gasteiger partial charge in [-0.05, 0) is 17.0 Å². The van der Waals surface area contributed by atoms with Gasteiger partial charge in [0, 0.05) is 0 Å². The molecule has 1 fully saturated rings. The predicted octanol–water partition coefficient (Wildman–Crippen LogP) is 1.40. The van der Waals surface area contributed by atoms with E-state index in [0.717, 1.165) is 5.56 Å². The van der Waals surface area contributed by atoms with Crippen molar-refractivity contribution in [3.8, 4) is 0 Å². The Kier molecular flexibility index (Phi) is 3.48. The number of nitrogens with zero attached hydrogens (tertiary/aromatic N) is 1. The number of benzene rings is 1. The van der Waals surface area contributed by atoms with Crippen molar-refractivity contribution >= 4 is 11.8 Å². The number of amides is 2. The highest BCUT2D eigenvalue weighted by Gasteiger charge is 2.35. The summed E-state index contributed by atoms with van der Waals surface area (Å²) in [6.07, 6.45) is 0.128. The highest BCUT2D eigenvalue weighted by atomic mass is 16.2. The third-order valence-corrected chi connectivity index (χ3v) is 3.27. The first-order valence-corrected chi connectivity index (χ1v) is 6.17. The maximum absolute atomic E-state index is 11.7. The second kappa shape index (κ2) is 4.90. The lowest BCUT2D eigenvalue weighted by Gasteiger charge is -2.15. The molecule has 4 heteroatoms. The topological polar surface area (TPSA) is 63.4 Å². The van der Waals surface area contributed by atoms with Crippen molar-refractivity contribution in [3.05, 3.63) is 35.4 Å². The number of carbonyl (C=O) groups is 2. The van der Waals surface area contributed by atoms with Crippen LogP contribution in [0.15, 0.2) is 24.3 Å². The first-order chi connectivity index (χ1) is 8.49. The second-order valence-electron chi connectivity index (χ2n) is 5.03. The molecule has 1 atom stereocenters. The molecule has 1 aliphatic rings. The van der Waals surface area contributed by atoms with Crippen LogP contribution in [0.25, 0.3) is 0 Å². The zero-order valence-corrected chi connectivity index (χ0v) is 10.7. The van der Waals surface area contributed by atoms with E-state index in [1.807, 2.05) is 24.3 Å². The van der Waals surface area contributed by atoms with E-state index in [1.54, 1.807) is 0 Å². The van der Waals surface area contributed by atoms with Crippen molar-refractivity contribution in [2.24, 2.45) is 5.73 Å². The summed E-state index contributed by atoms with van der Waals surface area (Å²) < 4.78 is 0. The monoisotopic (exact) mass is 246 g/mol. The van der Waals surface area contributed by atoms with E-state index in [-0.39, 0.29) is 18.2 Å². The Balaban J connectivity index is 2.10. The molecule has 1 unspecified atom stereocenters. The Morgan fingerprint density at radius 3 is 2.33 bits per heavy atom. The number of imide groups is 1. The van der Waals surface area contributed by atoms with Crippen LogP contribution >= 0.6 is 0 Å². The van der Waals surface area contributed by atoms with E-state index >= 15 is 0 Å². The van der Waals surface area contributed by atoms with Gasteiger partial charge in [0.15, 0.2) is 0 Å². The first kappa shape index (κ1) is 12.8. The zero-order chi connectivity index (χ0) is 13.3. The van der Waals surface area contributed by atoms with E-state index in [9.17, 15) is 9.59 Å². The molecule has 1 aromatic rings. The lowest BCUT2D eigenvalue weighted by Crippen LogP contribution is -2.34. The van der Waals surface area contributed by atoms with Crippen molar-refractivity contribution in [2.45, 2.75) is 38.8 Å². The second-order valence-corrected chi connectivity index (χ2v) is 5.03. The van der Waals surface area contributed by atoms with Crippen LogP contribution in [0.4, 0.5) is 0 Å². The summed E-state index contributed by atoms with van der Waals surface area (Å²) in [7, 11) is 0. The van der Waals surface area contributed by atoms with E-state index in [2.05, 4.69) is 13.8 Å². The molecule has 2 rings (SSSR count). The Morgan fingerprint density at radius 1 is 1.28 bits per heavy atom. The average Bonchev–Trinajstić information content (AvgIpc) is 2.57. The Bertz CT molecular complexity index is 465. The summed E-state index contributed by atoms with van der Waals surface area (Å²) in [5.41, 5.74) is 7.76. The molecular formula is C14H18N2O2. The number of hydrogen-bond donors (Lipinski definition) is 1. The largest absolute Gasteiger partial charge is 0.319 e. The lowest BCUT2D eigenvalue weighted by molar-refractivity contribution is -0.139. The Labute approximate surface area is 107 Å². The van der Waals surface area contributed by atoms with Gasteiger partial charge in [0.2, 0.25) is 11.8 Å². The number of nitrogens with two attached hydrogens (primary N) is 1. The Hall–Kier alpha value is -1.68. The van der Waals surface area contributed by atoms with Gasteiger partial charge in [-0.3, -0.25) is 14.5 Å². The molecule has 1 aromatic carbocycles. The lowest BCUT2D eigenvalue weighted by atomic mass is 10.0. The van der Waals surface area contributed by atoms with Crippen molar-refractivity contribution in [1.82, 2.24) is 4.90 Å². The fraction of sp³-hybridized carbons (Fsp3) is 0.429. The summed E-state index contributed by atoms with van der Waals surface area (Å²) in [5.74, 6) is 0.0240. The van der Waals surface area contributed by atoms with Gasteiger partial charge in [0.05, 0.1) is 19.0 Å². The van der Waals surface area contributed by atoms with Crippen molar-refractivity contribution in [1.29, 1.82) is 0 Å². The van der Waals surface area contributed by atoms with Crippen LogP contribution in [0.1, 0.15) is 37.3 Å². The molecule has 0 spiro atoms. The minimum Gasteiger partial charge on any atom is -0.319 e. The van der Waals surface area contributed by atoms with Gasteiger partial charge in [0.1, 0.15) is 0 Å². The van der Waals surface area contributed by atoms with Crippen LogP contribution in [0.2, 0.25) is 0 Å². The molecule has 0 aromatic heterocycles. The van der Waals surface area contributed by atoms with Gasteiger partial charge in [-0.1, -0.05) is 38.1 Å². The van der Waals surface area contributed by atoms with Crippen LogP contribution in [-0.2, 0) is 16.1 Å². The van der Waals surface area contributed by atoms with E-state index in [0.29, 0.717) is 12.5 Å². The van der Waals surface area contributed by atoms with Gasteiger partial charge in [-0.15, -0.1) is 0 Å². The van der Waals surface area contributed by atoms with Gasteiger partial charge in [-0.25, -0.2) is 0 Å². The molecule has 0 radical (unpaired) electrons. The van der Waals surface area contributed by atoms with E-state index < -0.39 is 6.04 Å². The standard InChI is InChI=1S/C14H18N2O2/c1-9(2)11-5-3-10(4-6-11)8-16-13(17)7-12(15)14(16)18/h3-6,9,12H,7-8,15H2,1-2H3. The van der Waals surface area contributed by atoms with Crippen molar-refractivity contribution in [2.75, 3.05) is 0 Å². The molecule has 96 valence electrons. The fourth-order valence-corrected chi connectivity index (χ4v) is 2.07. The predicted molar refractivity (Wildman–Crippen MR) is 68.7 cm³/mol. The smallest absolute Gasteiger partial charge is 0.246 e. The Morgan fingerprint density at radius 2 is 1.89 bits per heavy atom. The number of hydrogen-bond acceptors (Lipinski definition) is 3. The SMILES string of the molecule is CC(C)c1ccc(CN2C(=O)CC(N)C2=O)cc1. The molecule has 2 N–H and O–H groups in total. The summed E-state index contributed by atoms with van der Waals surface area (Å²) in [6, 6.07) is 7.32. The highest BCUT2D eigenvalue weighted by Crippen LogP contribution is 2.18. The summed E-state index contributed by atoms with van der Waals surface area (Å²) in [5, 5.41) is 0. The maximum atomic E-state index is 11.7. The average molecular weight is 246 g/mol. The van der Waals surface area contributed by atoms with Crippen LogP contribution in [-0.4, -0.2) is 22.8 Å². The first-order valence-electron chi connectivity index (χ1n) is 6.17. The molecule has 0 aliphatic carbocycles. The molecule has 1 heterocycles. The van der Waals surface area contributed by atoms with Gasteiger partial charge in [0.25, 0.3) is 0 Å². The van der Waals surface area contributed by atoms with Crippen molar-refractivity contribution < 1.29 is 9.59 Å². The third-order valence-electron chi connectivity index (χ3n) is 3.27. The highest BCUT2D eigenvalue weighted by molar-refractivity contribution is 6.05. The molecule has 18 heavy (non-hydrogen) atoms. The van der Waals surface area contributed by atoms with Crippen molar-refractivity contribution in [3.63, 3.8) is 0 Å². The van der Waals surface area contributed by atoms with Crippen LogP contribution in [0, 0.1) is 0 Å². The zero-order valence-electron chi connectivity index (χ0n) is 10.7. The molecule has 1 aliphatic heterocycles. The molecule has 1 saturated heterocycles. The fourth-order valence-electron chi connectivity index (χ4n) is 2.07. The summed E-state index contributed by atoms with van der Waals surface area (Å²) in [6.45, 7) is 4.58. The minimum absolute atomic E-state index is 0.128. The van der Waals surface area contributed by atoms with E-state index in [4.69, 9.17) is 5.73 Å². The normalized spacial score (nSPS) is 20.0. The van der Waals surface area contributed by atoms with Gasteiger partial charge >= 0.3 is 0 Å². The number of carbonyl (C=O) groups excluding carboxylic acids is 2. The molecule has 0 bridgehead atoms. The summed E-state index contributed by atoms with van der Waals surface area (Å²) in [4.78, 5) is 24.5. The minimum atomic E-state index is -0.660. The van der Waals surface area contributed by atoms with E-state index in [1.165, 1.54) is 10.5 Å². The molecule has 4 nitrogen and oxygen atoms in total. The molecule has 0 saturated carbocycles.